The number of hydrogen-bond acceptors (Lipinski definition) is 4. The highest BCUT2D eigenvalue weighted by atomic mass is 35.5. The number of hydrogen-bond donors (Lipinski definition) is 1. The molecule has 0 unspecified atom stereocenters. The van der Waals surface area contributed by atoms with Crippen LogP contribution >= 0.6 is 11.6 Å². The average molecular weight is 369 g/mol. The van der Waals surface area contributed by atoms with Gasteiger partial charge in [-0.05, 0) is 48.2 Å². The lowest BCUT2D eigenvalue weighted by Gasteiger charge is -2.15. The van der Waals surface area contributed by atoms with Crippen LogP contribution < -0.4 is 10.1 Å². The number of carbonyl (C=O) groups excluding carboxylic acids is 1. The maximum atomic E-state index is 12.3. The van der Waals surface area contributed by atoms with Crippen LogP contribution in [0.25, 0.3) is 5.82 Å². The summed E-state index contributed by atoms with van der Waals surface area (Å²) in [5.41, 5.74) is 3.39. The third-order valence-electron chi connectivity index (χ3n) is 4.39. The number of nitrogens with one attached hydrogen (secondary N) is 1. The topological polar surface area (TPSA) is 69.0 Å². The number of benzene rings is 1. The van der Waals surface area contributed by atoms with Crippen LogP contribution in [0.15, 0.2) is 42.9 Å². The Bertz CT molecular complexity index is 953. The number of ether oxygens (including phenoxy) is 1. The van der Waals surface area contributed by atoms with E-state index in [2.05, 4.69) is 15.4 Å². The second kappa shape index (κ2) is 6.80. The lowest BCUT2D eigenvalue weighted by atomic mass is 9.97. The van der Waals surface area contributed by atoms with Gasteiger partial charge in [0.1, 0.15) is 6.61 Å². The van der Waals surface area contributed by atoms with Gasteiger partial charge in [0.25, 0.3) is 5.91 Å². The third-order valence-corrected chi connectivity index (χ3v) is 4.85. The van der Waals surface area contributed by atoms with E-state index in [-0.39, 0.29) is 5.91 Å². The van der Waals surface area contributed by atoms with Gasteiger partial charge in [0.2, 0.25) is 0 Å². The van der Waals surface area contributed by atoms with E-state index in [0.29, 0.717) is 35.9 Å². The van der Waals surface area contributed by atoms with Crippen molar-refractivity contribution < 1.29 is 9.53 Å². The molecule has 0 spiro atoms. The Morgan fingerprint density at radius 2 is 2.27 bits per heavy atom. The molecule has 0 radical (unpaired) electrons. The molecular formula is C19H17ClN4O2. The van der Waals surface area contributed by atoms with E-state index in [4.69, 9.17) is 16.3 Å². The van der Waals surface area contributed by atoms with E-state index < -0.39 is 0 Å². The van der Waals surface area contributed by atoms with Crippen LogP contribution in [0, 0.1) is 6.92 Å². The summed E-state index contributed by atoms with van der Waals surface area (Å²) in [5, 5.41) is 7.48. The minimum Gasteiger partial charge on any atom is -0.489 e. The van der Waals surface area contributed by atoms with Crippen molar-refractivity contribution in [2.24, 2.45) is 0 Å². The van der Waals surface area contributed by atoms with E-state index in [1.54, 1.807) is 10.9 Å². The molecule has 26 heavy (non-hydrogen) atoms. The minimum absolute atomic E-state index is 0.159. The van der Waals surface area contributed by atoms with E-state index in [9.17, 15) is 4.79 Å². The first-order chi connectivity index (χ1) is 12.6. The predicted octanol–water partition coefficient (Wildman–Crippen LogP) is 2.94. The van der Waals surface area contributed by atoms with Crippen molar-refractivity contribution in [2.45, 2.75) is 13.3 Å². The second-order valence-electron chi connectivity index (χ2n) is 6.11. The first-order valence-electron chi connectivity index (χ1n) is 8.31. The second-order valence-corrected chi connectivity index (χ2v) is 6.49. The number of aromatic nitrogens is 3. The number of fused-ring (bicyclic) bond motifs is 1. The molecule has 0 fully saturated rings. The van der Waals surface area contributed by atoms with Gasteiger partial charge < -0.3 is 10.1 Å². The van der Waals surface area contributed by atoms with Crippen molar-refractivity contribution in [3.05, 3.63) is 70.1 Å². The van der Waals surface area contributed by atoms with Gasteiger partial charge in [-0.2, -0.15) is 5.10 Å². The van der Waals surface area contributed by atoms with Crippen molar-refractivity contribution in [2.75, 3.05) is 13.2 Å². The summed E-state index contributed by atoms with van der Waals surface area (Å²) in [5.74, 6) is 1.06. The molecule has 0 aliphatic carbocycles. The van der Waals surface area contributed by atoms with Gasteiger partial charge >= 0.3 is 0 Å². The fourth-order valence-electron chi connectivity index (χ4n) is 2.96. The number of rotatable bonds is 3. The molecule has 0 atom stereocenters. The molecule has 1 N–H and O–H groups in total. The monoisotopic (exact) mass is 368 g/mol. The zero-order valence-corrected chi connectivity index (χ0v) is 15.0. The van der Waals surface area contributed by atoms with Crippen LogP contribution in [0.5, 0.6) is 5.75 Å². The normalized spacial score (nSPS) is 13.5. The van der Waals surface area contributed by atoms with E-state index in [0.717, 1.165) is 22.5 Å². The Morgan fingerprint density at radius 3 is 3.00 bits per heavy atom. The van der Waals surface area contributed by atoms with Crippen molar-refractivity contribution in [3.63, 3.8) is 0 Å². The highest BCUT2D eigenvalue weighted by Gasteiger charge is 2.22. The molecule has 1 aliphatic rings. The molecule has 0 saturated carbocycles. The maximum absolute atomic E-state index is 12.3. The molecule has 0 bridgehead atoms. The van der Waals surface area contributed by atoms with Crippen LogP contribution in [0.3, 0.4) is 0 Å². The summed E-state index contributed by atoms with van der Waals surface area (Å²) in [6, 6.07) is 7.63. The highest BCUT2D eigenvalue weighted by Crippen LogP contribution is 2.36. The molecule has 2 aromatic heterocycles. The minimum atomic E-state index is -0.159. The van der Waals surface area contributed by atoms with E-state index in [1.807, 2.05) is 43.6 Å². The molecule has 132 valence electrons. The lowest BCUT2D eigenvalue weighted by Crippen LogP contribution is -2.24. The summed E-state index contributed by atoms with van der Waals surface area (Å²) < 4.78 is 7.36. The van der Waals surface area contributed by atoms with E-state index >= 15 is 0 Å². The first-order valence-corrected chi connectivity index (χ1v) is 8.69. The summed E-state index contributed by atoms with van der Waals surface area (Å²) >= 11 is 6.48. The molecule has 0 saturated heterocycles. The Morgan fingerprint density at radius 1 is 1.38 bits per heavy atom. The van der Waals surface area contributed by atoms with Crippen LogP contribution in [-0.4, -0.2) is 33.8 Å². The molecule has 4 rings (SSSR count). The fraction of sp³-hybridized carbons (Fsp3) is 0.211. The SMILES string of the molecule is Cc1c(Cc2ccc(-n3cccn3)nc2)cc2c(c1Cl)OCCNC2=O. The van der Waals surface area contributed by atoms with Gasteiger partial charge in [0, 0.05) is 18.6 Å². The van der Waals surface area contributed by atoms with E-state index in [1.165, 1.54) is 0 Å². The molecule has 3 aromatic rings. The average Bonchev–Trinajstić information content (AvgIpc) is 3.12. The molecule has 1 aromatic carbocycles. The zero-order valence-electron chi connectivity index (χ0n) is 14.2. The third kappa shape index (κ3) is 3.04. The molecule has 6 nitrogen and oxygen atoms in total. The molecule has 1 aliphatic heterocycles. The quantitative estimate of drug-likeness (QED) is 0.771. The number of amides is 1. The van der Waals surface area contributed by atoms with Crippen LogP contribution in [0.4, 0.5) is 0 Å². The van der Waals surface area contributed by atoms with Gasteiger partial charge in [-0.15, -0.1) is 0 Å². The lowest BCUT2D eigenvalue weighted by molar-refractivity contribution is 0.0957. The standard InChI is InChI=1S/C19H17ClN4O2/c1-12-14(10-15-18(17(12)20)26-8-6-21-19(15)25)9-13-3-4-16(22-11-13)24-7-2-5-23-24/h2-5,7,10-11H,6,8-9H2,1H3,(H,21,25). The smallest absolute Gasteiger partial charge is 0.255 e. The number of nitrogens with zero attached hydrogens (tertiary/aromatic N) is 3. The highest BCUT2D eigenvalue weighted by molar-refractivity contribution is 6.33. The zero-order chi connectivity index (χ0) is 18.1. The van der Waals surface area contributed by atoms with Crippen molar-refractivity contribution >= 4 is 17.5 Å². The Balaban J connectivity index is 1.66. The van der Waals surface area contributed by atoms with Gasteiger partial charge in [-0.25, -0.2) is 9.67 Å². The fourth-order valence-corrected chi connectivity index (χ4v) is 3.24. The van der Waals surface area contributed by atoms with Gasteiger partial charge in [-0.1, -0.05) is 17.7 Å². The Hall–Kier alpha value is -2.86. The number of carbonyl (C=O) groups is 1. The summed E-state index contributed by atoms with van der Waals surface area (Å²) in [7, 11) is 0. The Kier molecular flexibility index (Phi) is 4.34. The van der Waals surface area contributed by atoms with Crippen LogP contribution in [0.2, 0.25) is 5.02 Å². The van der Waals surface area contributed by atoms with Crippen molar-refractivity contribution in [1.82, 2.24) is 20.1 Å². The van der Waals surface area contributed by atoms with Gasteiger partial charge in [-0.3, -0.25) is 4.79 Å². The molecule has 7 heteroatoms. The predicted molar refractivity (Wildman–Crippen MR) is 98.2 cm³/mol. The van der Waals surface area contributed by atoms with Gasteiger partial charge in [0.15, 0.2) is 11.6 Å². The largest absolute Gasteiger partial charge is 0.489 e. The molecule has 3 heterocycles. The summed E-state index contributed by atoms with van der Waals surface area (Å²) in [4.78, 5) is 16.7. The first kappa shape index (κ1) is 16.6. The van der Waals surface area contributed by atoms with Gasteiger partial charge in [0.05, 0.1) is 17.1 Å². The van der Waals surface area contributed by atoms with Crippen LogP contribution in [0.1, 0.15) is 27.0 Å². The van der Waals surface area contributed by atoms with Crippen molar-refractivity contribution in [3.8, 4) is 11.6 Å². The van der Waals surface area contributed by atoms with Crippen molar-refractivity contribution in [1.29, 1.82) is 0 Å². The number of halogens is 1. The summed E-state index contributed by atoms with van der Waals surface area (Å²) in [6.45, 7) is 2.82. The van der Waals surface area contributed by atoms with Crippen LogP contribution in [-0.2, 0) is 6.42 Å². The maximum Gasteiger partial charge on any atom is 0.255 e. The Labute approximate surface area is 155 Å². The summed E-state index contributed by atoms with van der Waals surface area (Å²) in [6.07, 6.45) is 5.99. The molecule has 1 amide bonds. The number of pyridine rings is 1. The molecular weight excluding hydrogens is 352 g/mol.